The van der Waals surface area contributed by atoms with Crippen LogP contribution in [-0.2, 0) is 11.3 Å². The van der Waals surface area contributed by atoms with Crippen LogP contribution in [0.25, 0.3) is 0 Å². The fourth-order valence-electron chi connectivity index (χ4n) is 3.46. The molecule has 1 unspecified atom stereocenters. The summed E-state index contributed by atoms with van der Waals surface area (Å²) in [5.41, 5.74) is 1.48. The number of nitrogens with zero attached hydrogens (tertiary/aromatic N) is 1. The van der Waals surface area contributed by atoms with Gasteiger partial charge in [-0.3, -0.25) is 4.79 Å². The number of nitrogens with one attached hydrogen (secondary N) is 2. The highest BCUT2D eigenvalue weighted by Gasteiger charge is 2.28. The molecule has 30 heavy (non-hydrogen) atoms. The number of carbonyl (C=O) groups excluding carboxylic acids is 2. The van der Waals surface area contributed by atoms with Gasteiger partial charge in [-0.15, -0.1) is 0 Å². The molecule has 1 saturated heterocycles. The monoisotopic (exact) mass is 431 g/mol. The first-order chi connectivity index (χ1) is 14.5. The molecular weight excluding hydrogens is 406 g/mol. The molecule has 0 saturated carbocycles. The van der Waals surface area contributed by atoms with Gasteiger partial charge in [0, 0.05) is 42.0 Å². The van der Waals surface area contributed by atoms with E-state index in [0.717, 1.165) is 18.4 Å². The van der Waals surface area contributed by atoms with E-state index in [-0.39, 0.29) is 5.91 Å². The molecule has 1 atom stereocenters. The van der Waals surface area contributed by atoms with Crippen LogP contribution in [-0.4, -0.2) is 43.6 Å². The van der Waals surface area contributed by atoms with Crippen LogP contribution >= 0.6 is 11.6 Å². The van der Waals surface area contributed by atoms with E-state index in [0.29, 0.717) is 41.7 Å². The molecule has 1 fully saturated rings. The number of ether oxygens (including phenoxy) is 2. The topological polar surface area (TPSA) is 79.9 Å². The lowest BCUT2D eigenvalue weighted by Crippen LogP contribution is -2.48. The summed E-state index contributed by atoms with van der Waals surface area (Å²) in [6.07, 6.45) is 2.34. The highest BCUT2D eigenvalue weighted by molar-refractivity contribution is 6.30. The third-order valence-corrected chi connectivity index (χ3v) is 5.19. The molecule has 1 heterocycles. The summed E-state index contributed by atoms with van der Waals surface area (Å²) in [4.78, 5) is 27.4. The molecule has 3 amide bonds. The molecule has 160 valence electrons. The molecule has 7 nitrogen and oxygen atoms in total. The standard InChI is InChI=1S/C22H26ClN3O4/c1-29-18-11-17(12-19(13-18)30-2)24-22(28)25-20-8-3-4-9-26(21(20)27)14-15-6-5-7-16(23)10-15/h5-7,10-13,20H,3-4,8-9,14H2,1-2H3,(H2,24,25,28). The molecule has 2 aromatic rings. The molecule has 0 aliphatic carbocycles. The van der Waals surface area contributed by atoms with Crippen molar-refractivity contribution < 1.29 is 19.1 Å². The summed E-state index contributed by atoms with van der Waals surface area (Å²) in [5, 5.41) is 6.20. The van der Waals surface area contributed by atoms with E-state index >= 15 is 0 Å². The summed E-state index contributed by atoms with van der Waals surface area (Å²) in [6, 6.07) is 11.5. The van der Waals surface area contributed by atoms with Gasteiger partial charge in [-0.05, 0) is 37.0 Å². The van der Waals surface area contributed by atoms with Crippen LogP contribution in [0.15, 0.2) is 42.5 Å². The summed E-state index contributed by atoms with van der Waals surface area (Å²) in [5.74, 6) is 1.02. The molecule has 1 aliphatic rings. The Bertz CT molecular complexity index is 883. The number of urea groups is 1. The van der Waals surface area contributed by atoms with Gasteiger partial charge in [0.15, 0.2) is 0 Å². The summed E-state index contributed by atoms with van der Waals surface area (Å²) in [6.45, 7) is 1.12. The molecule has 0 bridgehead atoms. The van der Waals surface area contributed by atoms with E-state index in [1.54, 1.807) is 29.2 Å². The first kappa shape index (κ1) is 21.8. The fourth-order valence-corrected chi connectivity index (χ4v) is 3.67. The van der Waals surface area contributed by atoms with E-state index in [4.69, 9.17) is 21.1 Å². The second-order valence-corrected chi connectivity index (χ2v) is 7.57. The van der Waals surface area contributed by atoms with Gasteiger partial charge in [0.05, 0.1) is 14.2 Å². The number of carbonyl (C=O) groups is 2. The maximum atomic E-state index is 13.0. The Hall–Kier alpha value is -2.93. The van der Waals surface area contributed by atoms with Gasteiger partial charge in [-0.2, -0.15) is 0 Å². The molecular formula is C22H26ClN3O4. The lowest BCUT2D eigenvalue weighted by Gasteiger charge is -2.25. The Morgan fingerprint density at radius 1 is 1.13 bits per heavy atom. The second kappa shape index (κ2) is 10.2. The highest BCUT2D eigenvalue weighted by Crippen LogP contribution is 2.26. The van der Waals surface area contributed by atoms with Crippen molar-refractivity contribution in [2.45, 2.75) is 31.8 Å². The predicted molar refractivity (Wildman–Crippen MR) is 116 cm³/mol. The van der Waals surface area contributed by atoms with Crippen molar-refractivity contribution in [3.05, 3.63) is 53.1 Å². The van der Waals surface area contributed by atoms with Crippen LogP contribution in [0.3, 0.4) is 0 Å². The minimum atomic E-state index is -0.584. The highest BCUT2D eigenvalue weighted by atomic mass is 35.5. The molecule has 2 N–H and O–H groups in total. The smallest absolute Gasteiger partial charge is 0.319 e. The number of hydrogen-bond donors (Lipinski definition) is 2. The van der Waals surface area contributed by atoms with Crippen LogP contribution in [0.5, 0.6) is 11.5 Å². The number of halogens is 1. The Balaban J connectivity index is 1.66. The van der Waals surface area contributed by atoms with Gasteiger partial charge in [-0.1, -0.05) is 23.7 Å². The average molecular weight is 432 g/mol. The summed E-state index contributed by atoms with van der Waals surface area (Å²) in [7, 11) is 3.08. The van der Waals surface area contributed by atoms with E-state index in [1.165, 1.54) is 14.2 Å². The first-order valence-corrected chi connectivity index (χ1v) is 10.2. The molecule has 0 spiro atoms. The Kier molecular flexibility index (Phi) is 7.41. The van der Waals surface area contributed by atoms with Crippen LogP contribution in [0.2, 0.25) is 5.02 Å². The molecule has 8 heteroatoms. The third kappa shape index (κ3) is 5.79. The number of likely N-dealkylation sites (tertiary alicyclic amines) is 1. The van der Waals surface area contributed by atoms with Crippen molar-refractivity contribution in [1.82, 2.24) is 10.2 Å². The van der Waals surface area contributed by atoms with Crippen molar-refractivity contribution in [3.63, 3.8) is 0 Å². The van der Waals surface area contributed by atoms with Crippen molar-refractivity contribution in [2.24, 2.45) is 0 Å². The van der Waals surface area contributed by atoms with Crippen LogP contribution < -0.4 is 20.1 Å². The lowest BCUT2D eigenvalue weighted by molar-refractivity contribution is -0.133. The van der Waals surface area contributed by atoms with Crippen LogP contribution in [0, 0.1) is 0 Å². The zero-order valence-electron chi connectivity index (χ0n) is 17.1. The lowest BCUT2D eigenvalue weighted by atomic mass is 10.1. The second-order valence-electron chi connectivity index (χ2n) is 7.14. The van der Waals surface area contributed by atoms with Crippen molar-refractivity contribution >= 4 is 29.2 Å². The molecule has 0 radical (unpaired) electrons. The number of amides is 3. The zero-order chi connectivity index (χ0) is 21.5. The zero-order valence-corrected chi connectivity index (χ0v) is 17.9. The van der Waals surface area contributed by atoms with Crippen molar-refractivity contribution in [1.29, 1.82) is 0 Å². The van der Waals surface area contributed by atoms with E-state index in [1.807, 2.05) is 18.2 Å². The van der Waals surface area contributed by atoms with E-state index < -0.39 is 12.1 Å². The first-order valence-electron chi connectivity index (χ1n) is 9.82. The summed E-state index contributed by atoms with van der Waals surface area (Å²) >= 11 is 6.06. The number of hydrogen-bond acceptors (Lipinski definition) is 4. The fraction of sp³-hybridized carbons (Fsp3) is 0.364. The van der Waals surface area contributed by atoms with Gasteiger partial charge in [0.25, 0.3) is 0 Å². The molecule has 2 aromatic carbocycles. The molecule has 1 aliphatic heterocycles. The van der Waals surface area contributed by atoms with Crippen molar-refractivity contribution in [2.75, 3.05) is 26.1 Å². The Labute approximate surface area is 181 Å². The average Bonchev–Trinajstić information content (AvgIpc) is 2.89. The SMILES string of the molecule is COc1cc(NC(=O)NC2CCCCN(Cc3cccc(Cl)c3)C2=O)cc(OC)c1. The minimum absolute atomic E-state index is 0.0918. The number of rotatable bonds is 6. The maximum Gasteiger partial charge on any atom is 0.319 e. The van der Waals surface area contributed by atoms with Crippen LogP contribution in [0.1, 0.15) is 24.8 Å². The van der Waals surface area contributed by atoms with E-state index in [9.17, 15) is 9.59 Å². The number of anilines is 1. The normalized spacial score (nSPS) is 16.6. The Morgan fingerprint density at radius 3 is 2.53 bits per heavy atom. The number of benzene rings is 2. The Morgan fingerprint density at radius 2 is 1.87 bits per heavy atom. The maximum absolute atomic E-state index is 13.0. The van der Waals surface area contributed by atoms with Crippen molar-refractivity contribution in [3.8, 4) is 11.5 Å². The van der Waals surface area contributed by atoms with Gasteiger partial charge >= 0.3 is 6.03 Å². The summed E-state index contributed by atoms with van der Waals surface area (Å²) < 4.78 is 10.4. The van der Waals surface area contributed by atoms with Gasteiger partial charge in [0.1, 0.15) is 17.5 Å². The van der Waals surface area contributed by atoms with Crippen LogP contribution in [0.4, 0.5) is 10.5 Å². The molecule has 0 aromatic heterocycles. The van der Waals surface area contributed by atoms with Gasteiger partial charge in [-0.25, -0.2) is 4.79 Å². The largest absolute Gasteiger partial charge is 0.497 e. The predicted octanol–water partition coefficient (Wildman–Crippen LogP) is 4.06. The van der Waals surface area contributed by atoms with E-state index in [2.05, 4.69) is 10.6 Å². The van der Waals surface area contributed by atoms with Gasteiger partial charge < -0.3 is 25.0 Å². The minimum Gasteiger partial charge on any atom is -0.497 e. The quantitative estimate of drug-likeness (QED) is 0.722. The molecule has 3 rings (SSSR count). The third-order valence-electron chi connectivity index (χ3n) is 4.96. The van der Waals surface area contributed by atoms with Gasteiger partial charge in [0.2, 0.25) is 5.91 Å². The number of methoxy groups -OCH3 is 2.